The molecular formula is C16H19ClN2O2. The first-order valence-electron chi connectivity index (χ1n) is 6.88. The number of furan rings is 1. The van der Waals surface area contributed by atoms with Crippen LogP contribution in [0.2, 0.25) is 5.02 Å². The molecule has 1 unspecified atom stereocenters. The van der Waals surface area contributed by atoms with Crippen molar-refractivity contribution in [1.29, 1.82) is 0 Å². The monoisotopic (exact) mass is 306 g/mol. The van der Waals surface area contributed by atoms with Gasteiger partial charge in [0.1, 0.15) is 5.76 Å². The van der Waals surface area contributed by atoms with Crippen molar-refractivity contribution in [1.82, 2.24) is 10.6 Å². The van der Waals surface area contributed by atoms with Crippen molar-refractivity contribution < 1.29 is 9.21 Å². The normalized spacial score (nSPS) is 13.7. The van der Waals surface area contributed by atoms with E-state index in [1.165, 1.54) is 0 Å². The minimum absolute atomic E-state index is 0.0352. The van der Waals surface area contributed by atoms with E-state index in [-0.39, 0.29) is 18.0 Å². The van der Waals surface area contributed by atoms with Crippen LogP contribution in [0.3, 0.4) is 0 Å². The first-order valence-corrected chi connectivity index (χ1v) is 7.25. The molecule has 1 amide bonds. The van der Waals surface area contributed by atoms with Gasteiger partial charge in [0, 0.05) is 11.1 Å². The van der Waals surface area contributed by atoms with Crippen LogP contribution in [0.5, 0.6) is 0 Å². The molecule has 0 aliphatic carbocycles. The topological polar surface area (TPSA) is 54.3 Å². The number of benzene rings is 1. The van der Waals surface area contributed by atoms with Gasteiger partial charge in [0.05, 0.1) is 18.8 Å². The summed E-state index contributed by atoms with van der Waals surface area (Å²) in [5, 5.41) is 6.77. The Balaban J connectivity index is 1.85. The first-order chi connectivity index (χ1) is 10.1. The molecule has 5 heteroatoms. The maximum Gasteiger partial charge on any atom is 0.237 e. The highest BCUT2D eigenvalue weighted by Gasteiger charge is 2.16. The fourth-order valence-corrected chi connectivity index (χ4v) is 2.26. The summed E-state index contributed by atoms with van der Waals surface area (Å²) in [6.45, 7) is 4.23. The second kappa shape index (κ2) is 7.29. The van der Waals surface area contributed by atoms with Crippen LogP contribution in [-0.2, 0) is 11.3 Å². The molecule has 0 saturated carbocycles. The summed E-state index contributed by atoms with van der Waals surface area (Å²) in [5.41, 5.74) is 1.05. The number of amides is 1. The SMILES string of the molecule is CC(N[C@@H](C)c1cccc(Cl)c1)C(=O)NCc1ccco1. The lowest BCUT2D eigenvalue weighted by molar-refractivity contribution is -0.123. The molecule has 112 valence electrons. The predicted octanol–water partition coefficient (Wildman–Crippen LogP) is 3.29. The lowest BCUT2D eigenvalue weighted by Gasteiger charge is -2.20. The molecule has 2 atom stereocenters. The second-order valence-corrected chi connectivity index (χ2v) is 5.40. The summed E-state index contributed by atoms with van der Waals surface area (Å²) in [7, 11) is 0. The molecule has 1 aromatic heterocycles. The molecule has 2 N–H and O–H groups in total. The molecule has 0 spiro atoms. The van der Waals surface area contributed by atoms with E-state index >= 15 is 0 Å². The van der Waals surface area contributed by atoms with E-state index in [0.29, 0.717) is 11.6 Å². The summed E-state index contributed by atoms with van der Waals surface area (Å²) in [6.07, 6.45) is 1.59. The van der Waals surface area contributed by atoms with Gasteiger partial charge in [-0.3, -0.25) is 10.1 Å². The predicted molar refractivity (Wildman–Crippen MR) is 83.0 cm³/mol. The van der Waals surface area contributed by atoms with Crippen LogP contribution < -0.4 is 10.6 Å². The van der Waals surface area contributed by atoms with Gasteiger partial charge in [0.2, 0.25) is 5.91 Å². The zero-order chi connectivity index (χ0) is 15.2. The van der Waals surface area contributed by atoms with Crippen LogP contribution in [0.1, 0.15) is 31.2 Å². The van der Waals surface area contributed by atoms with Gasteiger partial charge in [-0.2, -0.15) is 0 Å². The van der Waals surface area contributed by atoms with Gasteiger partial charge in [0.25, 0.3) is 0 Å². The standard InChI is InChI=1S/C16H19ClN2O2/c1-11(13-5-3-6-14(17)9-13)19-12(2)16(20)18-10-15-7-4-8-21-15/h3-9,11-12,19H,10H2,1-2H3,(H,18,20)/t11-,12?/m0/s1. The van der Waals surface area contributed by atoms with Gasteiger partial charge in [-0.05, 0) is 43.7 Å². The Hall–Kier alpha value is -1.78. The van der Waals surface area contributed by atoms with Crippen molar-refractivity contribution in [2.75, 3.05) is 0 Å². The Morgan fingerprint density at radius 1 is 1.29 bits per heavy atom. The van der Waals surface area contributed by atoms with Crippen LogP contribution in [-0.4, -0.2) is 11.9 Å². The molecule has 0 saturated heterocycles. The first kappa shape index (κ1) is 15.6. The molecule has 2 aromatic rings. The van der Waals surface area contributed by atoms with Gasteiger partial charge >= 0.3 is 0 Å². The smallest absolute Gasteiger partial charge is 0.237 e. The van der Waals surface area contributed by atoms with E-state index in [4.69, 9.17) is 16.0 Å². The number of halogens is 1. The number of rotatable bonds is 6. The molecule has 4 nitrogen and oxygen atoms in total. The minimum Gasteiger partial charge on any atom is -0.467 e. The zero-order valence-electron chi connectivity index (χ0n) is 12.1. The Bertz CT molecular complexity index is 584. The number of hydrogen-bond acceptors (Lipinski definition) is 3. The second-order valence-electron chi connectivity index (χ2n) is 4.96. The van der Waals surface area contributed by atoms with Crippen LogP contribution in [0.4, 0.5) is 0 Å². The molecule has 2 rings (SSSR count). The Kier molecular flexibility index (Phi) is 5.42. The Morgan fingerprint density at radius 3 is 2.76 bits per heavy atom. The summed E-state index contributed by atoms with van der Waals surface area (Å²) in [5.74, 6) is 0.665. The van der Waals surface area contributed by atoms with Crippen molar-refractivity contribution >= 4 is 17.5 Å². The van der Waals surface area contributed by atoms with Gasteiger partial charge < -0.3 is 9.73 Å². The van der Waals surface area contributed by atoms with E-state index in [1.807, 2.05) is 44.2 Å². The van der Waals surface area contributed by atoms with E-state index < -0.39 is 0 Å². The molecule has 0 aliphatic heterocycles. The highest BCUT2D eigenvalue weighted by molar-refractivity contribution is 6.30. The van der Waals surface area contributed by atoms with Gasteiger partial charge in [-0.1, -0.05) is 23.7 Å². The maximum atomic E-state index is 12.0. The van der Waals surface area contributed by atoms with Crippen molar-refractivity contribution in [3.8, 4) is 0 Å². The van der Waals surface area contributed by atoms with Gasteiger partial charge in [0.15, 0.2) is 0 Å². The fraction of sp³-hybridized carbons (Fsp3) is 0.312. The molecule has 0 bridgehead atoms. The third kappa shape index (κ3) is 4.62. The minimum atomic E-state index is -0.311. The van der Waals surface area contributed by atoms with E-state index in [9.17, 15) is 4.79 Å². The molecule has 0 fully saturated rings. The van der Waals surface area contributed by atoms with Crippen molar-refractivity contribution in [3.63, 3.8) is 0 Å². The average Bonchev–Trinajstić information content (AvgIpc) is 2.97. The number of carbonyl (C=O) groups excluding carboxylic acids is 1. The summed E-state index contributed by atoms with van der Waals surface area (Å²) in [6, 6.07) is 11.0. The molecule has 1 heterocycles. The average molecular weight is 307 g/mol. The van der Waals surface area contributed by atoms with Crippen molar-refractivity contribution in [2.24, 2.45) is 0 Å². The number of carbonyl (C=O) groups is 1. The van der Waals surface area contributed by atoms with Crippen LogP contribution >= 0.6 is 11.6 Å². The number of nitrogens with one attached hydrogen (secondary N) is 2. The Morgan fingerprint density at radius 2 is 2.10 bits per heavy atom. The Labute approximate surface area is 129 Å². The highest BCUT2D eigenvalue weighted by Crippen LogP contribution is 2.17. The molecule has 0 radical (unpaired) electrons. The van der Waals surface area contributed by atoms with Gasteiger partial charge in [-0.15, -0.1) is 0 Å². The third-order valence-corrected chi connectivity index (χ3v) is 3.49. The van der Waals surface area contributed by atoms with Crippen molar-refractivity contribution in [3.05, 3.63) is 59.0 Å². The van der Waals surface area contributed by atoms with E-state index in [2.05, 4.69) is 10.6 Å². The lowest BCUT2D eigenvalue weighted by atomic mass is 10.1. The zero-order valence-corrected chi connectivity index (χ0v) is 12.9. The third-order valence-electron chi connectivity index (χ3n) is 3.26. The summed E-state index contributed by atoms with van der Waals surface area (Å²) >= 11 is 5.98. The van der Waals surface area contributed by atoms with Crippen LogP contribution in [0.15, 0.2) is 47.1 Å². The quantitative estimate of drug-likeness (QED) is 0.861. The van der Waals surface area contributed by atoms with E-state index in [0.717, 1.165) is 11.3 Å². The van der Waals surface area contributed by atoms with Gasteiger partial charge in [-0.25, -0.2) is 0 Å². The molecule has 1 aromatic carbocycles. The number of hydrogen-bond donors (Lipinski definition) is 2. The lowest BCUT2D eigenvalue weighted by Crippen LogP contribution is -2.42. The van der Waals surface area contributed by atoms with Crippen molar-refractivity contribution in [2.45, 2.75) is 32.5 Å². The fourth-order valence-electron chi connectivity index (χ4n) is 2.06. The maximum absolute atomic E-state index is 12.0. The summed E-state index contributed by atoms with van der Waals surface area (Å²) < 4.78 is 5.18. The largest absolute Gasteiger partial charge is 0.467 e. The molecular weight excluding hydrogens is 288 g/mol. The highest BCUT2D eigenvalue weighted by atomic mass is 35.5. The van der Waals surface area contributed by atoms with E-state index in [1.54, 1.807) is 12.3 Å². The summed E-state index contributed by atoms with van der Waals surface area (Å²) in [4.78, 5) is 12.0. The molecule has 0 aliphatic rings. The van der Waals surface area contributed by atoms with Crippen LogP contribution in [0, 0.1) is 0 Å². The molecule has 21 heavy (non-hydrogen) atoms. The van der Waals surface area contributed by atoms with Crippen LogP contribution in [0.25, 0.3) is 0 Å².